The van der Waals surface area contributed by atoms with Gasteiger partial charge in [-0.25, -0.2) is 4.79 Å². The summed E-state index contributed by atoms with van der Waals surface area (Å²) in [4.78, 5) is 27.1. The maximum Gasteiger partial charge on any atom is 0.329 e. The van der Waals surface area contributed by atoms with E-state index in [1.807, 2.05) is 78.9 Å². The number of carbonyl (C=O) groups is 2. The Labute approximate surface area is 210 Å². The van der Waals surface area contributed by atoms with Crippen LogP contribution in [0.5, 0.6) is 5.75 Å². The highest BCUT2D eigenvalue weighted by molar-refractivity contribution is 6.30. The minimum atomic E-state index is -1.24. The normalized spacial score (nSPS) is 15.3. The van der Waals surface area contributed by atoms with Crippen molar-refractivity contribution in [3.63, 3.8) is 0 Å². The molecule has 1 amide bonds. The van der Waals surface area contributed by atoms with E-state index in [1.165, 1.54) is 0 Å². The summed E-state index contributed by atoms with van der Waals surface area (Å²) in [6, 6.07) is 24.9. The molecule has 0 aromatic heterocycles. The van der Waals surface area contributed by atoms with E-state index in [1.54, 1.807) is 0 Å². The van der Waals surface area contributed by atoms with Gasteiger partial charge in [0.15, 0.2) is 0 Å². The Morgan fingerprint density at radius 1 is 0.886 bits per heavy atom. The fraction of sp³-hybridized carbons (Fsp3) is 0.286. The fourth-order valence-corrected chi connectivity index (χ4v) is 4.40. The molecular weight excluding hydrogens is 464 g/mol. The largest absolute Gasteiger partial charge is 0.489 e. The van der Waals surface area contributed by atoms with Crippen LogP contribution in [0.3, 0.4) is 0 Å². The second kappa shape index (κ2) is 11.4. The number of carboxylic acids is 1. The fourth-order valence-electron chi connectivity index (χ4n) is 4.27. The Morgan fingerprint density at radius 2 is 1.51 bits per heavy atom. The number of hydrogen-bond acceptors (Lipinski definition) is 4. The van der Waals surface area contributed by atoms with E-state index in [-0.39, 0.29) is 12.3 Å². The number of likely N-dealkylation sites (tertiary alicyclic amines) is 1. The molecule has 6 nitrogen and oxygen atoms in total. The van der Waals surface area contributed by atoms with Crippen LogP contribution in [0.2, 0.25) is 5.02 Å². The average molecular weight is 493 g/mol. The third kappa shape index (κ3) is 6.84. The molecule has 3 aromatic carbocycles. The van der Waals surface area contributed by atoms with Gasteiger partial charge in [0.2, 0.25) is 5.91 Å². The Morgan fingerprint density at radius 3 is 2.14 bits per heavy atom. The predicted molar refractivity (Wildman–Crippen MR) is 135 cm³/mol. The van der Waals surface area contributed by atoms with Crippen LogP contribution in [0, 0.1) is 0 Å². The highest BCUT2D eigenvalue weighted by Crippen LogP contribution is 2.25. The topological polar surface area (TPSA) is 78.9 Å². The number of carboxylic acid groups (broad SMARTS) is 1. The van der Waals surface area contributed by atoms with Gasteiger partial charge in [0, 0.05) is 24.7 Å². The van der Waals surface area contributed by atoms with E-state index in [0.717, 1.165) is 23.2 Å². The zero-order chi connectivity index (χ0) is 24.7. The maximum absolute atomic E-state index is 12.8. The molecule has 0 saturated carbocycles. The van der Waals surface area contributed by atoms with Gasteiger partial charge in [0.1, 0.15) is 17.9 Å². The van der Waals surface area contributed by atoms with Crippen molar-refractivity contribution < 1.29 is 19.4 Å². The number of carbonyl (C=O) groups excluding carboxylic acids is 1. The molecule has 0 atom stereocenters. The van der Waals surface area contributed by atoms with Crippen molar-refractivity contribution in [2.75, 3.05) is 13.1 Å². The number of rotatable bonds is 9. The molecule has 0 aliphatic carbocycles. The molecule has 1 aliphatic heterocycles. The number of piperidine rings is 1. The number of nitrogens with one attached hydrogen (secondary N) is 1. The number of halogens is 1. The minimum absolute atomic E-state index is 0.114. The van der Waals surface area contributed by atoms with Crippen LogP contribution in [0.25, 0.3) is 0 Å². The maximum atomic E-state index is 12.8. The zero-order valence-electron chi connectivity index (χ0n) is 19.5. The zero-order valence-corrected chi connectivity index (χ0v) is 20.2. The van der Waals surface area contributed by atoms with Crippen molar-refractivity contribution in [3.05, 3.63) is 101 Å². The van der Waals surface area contributed by atoms with E-state index < -0.39 is 11.5 Å². The van der Waals surface area contributed by atoms with E-state index >= 15 is 0 Å². The lowest BCUT2D eigenvalue weighted by molar-refractivity contribution is -0.150. The van der Waals surface area contributed by atoms with Crippen LogP contribution in [-0.2, 0) is 29.2 Å². The molecule has 182 valence electrons. The summed E-state index contributed by atoms with van der Waals surface area (Å²) in [7, 11) is 0. The molecule has 1 aliphatic rings. The quantitative estimate of drug-likeness (QED) is 0.453. The average Bonchev–Trinajstić information content (AvgIpc) is 2.87. The first-order valence-corrected chi connectivity index (χ1v) is 12.1. The number of aliphatic carboxylic acids is 1. The van der Waals surface area contributed by atoms with Crippen LogP contribution in [-0.4, -0.2) is 40.5 Å². The van der Waals surface area contributed by atoms with Crippen LogP contribution >= 0.6 is 11.6 Å². The SMILES string of the molecule is O=C(Cc1ccc(OCc2ccccc2)cc1)NC1(C(=O)O)CCN(Cc2ccc(Cl)cc2)CC1. The molecule has 2 N–H and O–H groups in total. The third-order valence-electron chi connectivity index (χ3n) is 6.35. The van der Waals surface area contributed by atoms with Gasteiger partial charge in [-0.05, 0) is 53.8 Å². The molecular formula is C28H29ClN2O4. The van der Waals surface area contributed by atoms with Crippen LogP contribution < -0.4 is 10.1 Å². The molecule has 1 saturated heterocycles. The van der Waals surface area contributed by atoms with Gasteiger partial charge < -0.3 is 15.2 Å². The third-order valence-corrected chi connectivity index (χ3v) is 6.61. The molecule has 1 fully saturated rings. The predicted octanol–water partition coefficient (Wildman–Crippen LogP) is 4.70. The smallest absolute Gasteiger partial charge is 0.329 e. The summed E-state index contributed by atoms with van der Waals surface area (Å²) in [6.45, 7) is 2.36. The lowest BCUT2D eigenvalue weighted by Crippen LogP contribution is -2.60. The number of amides is 1. The van der Waals surface area contributed by atoms with Gasteiger partial charge in [-0.1, -0.05) is 66.2 Å². The number of benzene rings is 3. The Bertz CT molecular complexity index is 1130. The first-order chi connectivity index (χ1) is 16.9. The first-order valence-electron chi connectivity index (χ1n) is 11.7. The minimum Gasteiger partial charge on any atom is -0.489 e. The molecule has 0 radical (unpaired) electrons. The van der Waals surface area contributed by atoms with Crippen molar-refractivity contribution in [1.29, 1.82) is 0 Å². The van der Waals surface area contributed by atoms with Crippen LogP contribution in [0.4, 0.5) is 0 Å². The van der Waals surface area contributed by atoms with Crippen molar-refractivity contribution in [2.24, 2.45) is 0 Å². The molecule has 7 heteroatoms. The van der Waals surface area contributed by atoms with Crippen molar-refractivity contribution in [1.82, 2.24) is 10.2 Å². The van der Waals surface area contributed by atoms with Crippen molar-refractivity contribution in [2.45, 2.75) is 38.0 Å². The van der Waals surface area contributed by atoms with Crippen molar-refractivity contribution in [3.8, 4) is 5.75 Å². The number of ether oxygens (including phenoxy) is 1. The molecule has 0 unspecified atom stereocenters. The number of nitrogens with zero attached hydrogens (tertiary/aromatic N) is 1. The van der Waals surface area contributed by atoms with E-state index in [2.05, 4.69) is 10.2 Å². The van der Waals surface area contributed by atoms with Gasteiger partial charge in [0.25, 0.3) is 0 Å². The monoisotopic (exact) mass is 492 g/mol. The van der Waals surface area contributed by atoms with E-state index in [9.17, 15) is 14.7 Å². The number of hydrogen-bond donors (Lipinski definition) is 2. The molecule has 0 spiro atoms. The second-order valence-electron chi connectivity index (χ2n) is 8.93. The summed E-state index contributed by atoms with van der Waals surface area (Å²) in [5.74, 6) is -0.564. The van der Waals surface area contributed by atoms with Gasteiger partial charge in [-0.15, -0.1) is 0 Å². The summed E-state index contributed by atoms with van der Waals surface area (Å²) in [6.07, 6.45) is 0.824. The van der Waals surface area contributed by atoms with Crippen molar-refractivity contribution >= 4 is 23.5 Å². The standard InChI is InChI=1S/C28H29ClN2O4/c29-24-10-6-22(7-11-24)19-31-16-14-28(15-17-31,27(33)34)30-26(32)18-21-8-12-25(13-9-21)35-20-23-4-2-1-3-5-23/h1-13H,14-20H2,(H,30,32)(H,33,34). The summed E-state index contributed by atoms with van der Waals surface area (Å²) in [5, 5.41) is 13.4. The van der Waals surface area contributed by atoms with Gasteiger partial charge >= 0.3 is 5.97 Å². The van der Waals surface area contributed by atoms with E-state index in [4.69, 9.17) is 16.3 Å². The molecule has 4 rings (SSSR count). The molecule has 1 heterocycles. The Hall–Kier alpha value is -3.35. The Kier molecular flexibility index (Phi) is 8.06. The highest BCUT2D eigenvalue weighted by atomic mass is 35.5. The van der Waals surface area contributed by atoms with Gasteiger partial charge in [0.05, 0.1) is 6.42 Å². The second-order valence-corrected chi connectivity index (χ2v) is 9.37. The van der Waals surface area contributed by atoms with Crippen LogP contribution in [0.15, 0.2) is 78.9 Å². The Balaban J connectivity index is 1.28. The van der Waals surface area contributed by atoms with Gasteiger partial charge in [-0.3, -0.25) is 9.69 Å². The molecule has 0 bridgehead atoms. The lowest BCUT2D eigenvalue weighted by Gasteiger charge is -2.39. The summed E-state index contributed by atoms with van der Waals surface area (Å²) < 4.78 is 5.79. The van der Waals surface area contributed by atoms with Crippen LogP contribution in [0.1, 0.15) is 29.5 Å². The van der Waals surface area contributed by atoms with Gasteiger partial charge in [-0.2, -0.15) is 0 Å². The first kappa shape index (κ1) is 24.8. The molecule has 3 aromatic rings. The summed E-state index contributed by atoms with van der Waals surface area (Å²) in [5.41, 5.74) is 1.76. The molecule has 35 heavy (non-hydrogen) atoms. The summed E-state index contributed by atoms with van der Waals surface area (Å²) >= 11 is 5.95. The highest BCUT2D eigenvalue weighted by Gasteiger charge is 2.42. The lowest BCUT2D eigenvalue weighted by atomic mass is 9.87. The van der Waals surface area contributed by atoms with E-state index in [0.29, 0.717) is 43.3 Å².